The molecule has 0 aliphatic carbocycles. The number of aromatic nitrogens is 3. The van der Waals surface area contributed by atoms with Gasteiger partial charge >= 0.3 is 5.97 Å². The van der Waals surface area contributed by atoms with Gasteiger partial charge < -0.3 is 14.2 Å². The molecule has 0 spiro atoms. The second-order valence-electron chi connectivity index (χ2n) is 3.93. The normalized spacial score (nSPS) is 12.5. The fraction of sp³-hybridized carbons (Fsp3) is 0.250. The van der Waals surface area contributed by atoms with E-state index in [4.69, 9.17) is 14.2 Å². The number of hydrogen-bond donors (Lipinski definition) is 1. The molecule has 1 aromatic heterocycles. The van der Waals surface area contributed by atoms with Gasteiger partial charge in [0.25, 0.3) is 0 Å². The fourth-order valence-electron chi connectivity index (χ4n) is 1.88. The van der Waals surface area contributed by atoms with E-state index in [1.165, 1.54) is 0 Å². The van der Waals surface area contributed by atoms with Crippen molar-refractivity contribution in [1.29, 1.82) is 0 Å². The zero-order valence-corrected chi connectivity index (χ0v) is 12.1. The van der Waals surface area contributed by atoms with Crippen molar-refractivity contribution in [3.63, 3.8) is 0 Å². The van der Waals surface area contributed by atoms with E-state index in [9.17, 15) is 4.79 Å². The molecule has 2 aromatic rings. The number of esters is 1. The van der Waals surface area contributed by atoms with Crippen molar-refractivity contribution in [2.45, 2.75) is 6.92 Å². The average molecular weight is 340 g/mol. The number of rotatable bonds is 3. The lowest BCUT2D eigenvalue weighted by atomic mass is 10.1. The summed E-state index contributed by atoms with van der Waals surface area (Å²) in [5.41, 5.74) is 1.22. The van der Waals surface area contributed by atoms with E-state index in [-0.39, 0.29) is 19.1 Å². The molecule has 0 unspecified atom stereocenters. The minimum Gasteiger partial charge on any atom is -0.461 e. The Balaban J connectivity index is 2.04. The van der Waals surface area contributed by atoms with Crippen LogP contribution >= 0.6 is 15.9 Å². The maximum atomic E-state index is 11.8. The molecule has 7 nitrogen and oxygen atoms in total. The second kappa shape index (κ2) is 5.12. The van der Waals surface area contributed by atoms with Gasteiger partial charge in [0.1, 0.15) is 5.69 Å². The van der Waals surface area contributed by atoms with Crippen LogP contribution in [0.4, 0.5) is 0 Å². The Bertz CT molecular complexity index is 671. The lowest BCUT2D eigenvalue weighted by molar-refractivity contribution is 0.0520. The molecule has 0 atom stereocenters. The number of fused-ring (bicyclic) bond motifs is 1. The summed E-state index contributed by atoms with van der Waals surface area (Å²) < 4.78 is 16.3. The molecule has 0 saturated heterocycles. The van der Waals surface area contributed by atoms with Gasteiger partial charge in [-0.25, -0.2) is 4.79 Å². The standard InChI is InChI=1S/C12H10BrN3O4/c1-2-18-12(17)10-9(14-16-15-10)6-3-7(13)11-8(4-6)19-5-20-11/h3-4H,2,5H2,1H3,(H,14,15,16). The number of halogens is 1. The number of hydrogen-bond acceptors (Lipinski definition) is 6. The van der Waals surface area contributed by atoms with Crippen LogP contribution in [0, 0.1) is 0 Å². The highest BCUT2D eigenvalue weighted by Gasteiger charge is 2.23. The highest BCUT2D eigenvalue weighted by Crippen LogP contribution is 2.42. The first kappa shape index (κ1) is 12.9. The molecule has 1 aliphatic rings. The third kappa shape index (κ3) is 2.11. The molecule has 0 fully saturated rings. The van der Waals surface area contributed by atoms with Crippen molar-refractivity contribution < 1.29 is 19.0 Å². The third-order valence-electron chi connectivity index (χ3n) is 2.72. The highest BCUT2D eigenvalue weighted by atomic mass is 79.9. The number of benzene rings is 1. The van der Waals surface area contributed by atoms with Crippen molar-refractivity contribution in [3.05, 3.63) is 22.3 Å². The molecule has 0 bridgehead atoms. The fourth-order valence-corrected chi connectivity index (χ4v) is 2.43. The van der Waals surface area contributed by atoms with Gasteiger partial charge in [0.2, 0.25) is 6.79 Å². The van der Waals surface area contributed by atoms with Gasteiger partial charge in [-0.05, 0) is 35.0 Å². The van der Waals surface area contributed by atoms with Crippen LogP contribution in [-0.4, -0.2) is 34.8 Å². The third-order valence-corrected chi connectivity index (χ3v) is 3.31. The Morgan fingerprint density at radius 3 is 3.10 bits per heavy atom. The quantitative estimate of drug-likeness (QED) is 0.862. The van der Waals surface area contributed by atoms with Crippen LogP contribution in [0.25, 0.3) is 11.3 Å². The molecular formula is C12H10BrN3O4. The van der Waals surface area contributed by atoms with Crippen LogP contribution in [-0.2, 0) is 4.74 Å². The Hall–Kier alpha value is -2.09. The number of carbonyl (C=O) groups is 1. The Kier molecular flexibility index (Phi) is 3.31. The molecule has 1 aromatic carbocycles. The molecule has 2 heterocycles. The summed E-state index contributed by atoms with van der Waals surface area (Å²) in [6.07, 6.45) is 0. The molecule has 104 valence electrons. The van der Waals surface area contributed by atoms with Crippen molar-refractivity contribution in [2.24, 2.45) is 0 Å². The van der Waals surface area contributed by atoms with Crippen molar-refractivity contribution in [3.8, 4) is 22.8 Å². The predicted molar refractivity (Wildman–Crippen MR) is 71.6 cm³/mol. The Morgan fingerprint density at radius 1 is 1.45 bits per heavy atom. The molecule has 0 saturated carbocycles. The van der Waals surface area contributed by atoms with Crippen LogP contribution < -0.4 is 9.47 Å². The van der Waals surface area contributed by atoms with E-state index in [0.29, 0.717) is 22.8 Å². The summed E-state index contributed by atoms with van der Waals surface area (Å²) in [6, 6.07) is 3.53. The number of carbonyl (C=O) groups excluding carboxylic acids is 1. The summed E-state index contributed by atoms with van der Waals surface area (Å²) >= 11 is 3.40. The lowest BCUT2D eigenvalue weighted by Crippen LogP contribution is -2.06. The Morgan fingerprint density at radius 2 is 2.30 bits per heavy atom. The topological polar surface area (TPSA) is 86.3 Å². The molecule has 8 heteroatoms. The van der Waals surface area contributed by atoms with Gasteiger partial charge in [0.15, 0.2) is 17.2 Å². The van der Waals surface area contributed by atoms with Crippen molar-refractivity contribution >= 4 is 21.9 Å². The number of aromatic amines is 1. The van der Waals surface area contributed by atoms with Gasteiger partial charge in [0.05, 0.1) is 11.1 Å². The molecule has 0 radical (unpaired) electrons. The number of nitrogens with zero attached hydrogens (tertiary/aromatic N) is 2. The molecular weight excluding hydrogens is 330 g/mol. The monoisotopic (exact) mass is 339 g/mol. The predicted octanol–water partition coefficient (Wildman–Crippen LogP) is 2.14. The minimum absolute atomic E-state index is 0.137. The van der Waals surface area contributed by atoms with E-state index in [1.807, 2.05) is 0 Å². The Labute approximate surface area is 122 Å². The summed E-state index contributed by atoms with van der Waals surface area (Å²) in [7, 11) is 0. The smallest absolute Gasteiger partial charge is 0.361 e. The summed E-state index contributed by atoms with van der Waals surface area (Å²) in [4.78, 5) is 11.8. The molecule has 1 aliphatic heterocycles. The number of nitrogens with one attached hydrogen (secondary N) is 1. The van der Waals surface area contributed by atoms with Crippen LogP contribution in [0.2, 0.25) is 0 Å². The minimum atomic E-state index is -0.523. The highest BCUT2D eigenvalue weighted by molar-refractivity contribution is 9.10. The number of ether oxygens (including phenoxy) is 3. The van der Waals surface area contributed by atoms with Crippen molar-refractivity contribution in [1.82, 2.24) is 15.4 Å². The van der Waals surface area contributed by atoms with Crippen LogP contribution in [0.15, 0.2) is 16.6 Å². The average Bonchev–Trinajstić information content (AvgIpc) is 3.07. The zero-order chi connectivity index (χ0) is 14.1. The van der Waals surface area contributed by atoms with Crippen LogP contribution in [0.1, 0.15) is 17.4 Å². The molecule has 0 amide bonds. The second-order valence-corrected chi connectivity index (χ2v) is 4.79. The SMILES string of the molecule is CCOC(=O)c1n[nH]nc1-c1cc(Br)c2c(c1)OCO2. The van der Waals surface area contributed by atoms with Crippen LogP contribution in [0.5, 0.6) is 11.5 Å². The van der Waals surface area contributed by atoms with E-state index >= 15 is 0 Å². The van der Waals surface area contributed by atoms with E-state index < -0.39 is 5.97 Å². The van der Waals surface area contributed by atoms with Crippen LogP contribution in [0.3, 0.4) is 0 Å². The molecule has 3 rings (SSSR count). The van der Waals surface area contributed by atoms with Gasteiger partial charge in [-0.15, -0.1) is 5.10 Å². The van der Waals surface area contributed by atoms with Gasteiger partial charge in [-0.1, -0.05) is 0 Å². The first-order valence-electron chi connectivity index (χ1n) is 5.88. The first-order chi connectivity index (χ1) is 9.70. The largest absolute Gasteiger partial charge is 0.461 e. The summed E-state index contributed by atoms with van der Waals surface area (Å²) in [5.74, 6) is 0.701. The first-order valence-corrected chi connectivity index (χ1v) is 6.67. The lowest BCUT2D eigenvalue weighted by Gasteiger charge is -2.04. The van der Waals surface area contributed by atoms with Crippen molar-refractivity contribution in [2.75, 3.05) is 13.4 Å². The maximum absolute atomic E-state index is 11.8. The molecule has 1 N–H and O–H groups in total. The van der Waals surface area contributed by atoms with Gasteiger partial charge in [-0.3, -0.25) is 0 Å². The molecule has 20 heavy (non-hydrogen) atoms. The summed E-state index contributed by atoms with van der Waals surface area (Å²) in [5, 5.41) is 10.3. The van der Waals surface area contributed by atoms with E-state index in [2.05, 4.69) is 31.3 Å². The summed E-state index contributed by atoms with van der Waals surface area (Å²) in [6.45, 7) is 2.17. The zero-order valence-electron chi connectivity index (χ0n) is 10.5. The van der Waals surface area contributed by atoms with Gasteiger partial charge in [-0.2, -0.15) is 10.3 Å². The van der Waals surface area contributed by atoms with E-state index in [1.54, 1.807) is 19.1 Å². The maximum Gasteiger partial charge on any atom is 0.361 e. The number of H-pyrrole nitrogens is 1. The van der Waals surface area contributed by atoms with E-state index in [0.717, 1.165) is 4.47 Å². The van der Waals surface area contributed by atoms with Gasteiger partial charge in [0, 0.05) is 5.56 Å².